The quantitative estimate of drug-likeness (QED) is 0.865. The maximum absolute atomic E-state index is 11.5. The minimum Gasteiger partial charge on any atom is -0.466 e. The molecule has 0 spiro atoms. The van der Waals surface area contributed by atoms with Crippen molar-refractivity contribution in [3.05, 3.63) is 23.2 Å². The molecule has 2 rings (SSSR count). The number of carbonyl (C=O) groups excluding carboxylic acids is 1. The van der Waals surface area contributed by atoms with Crippen LogP contribution in [0.2, 0.25) is 0 Å². The first-order valence-electron chi connectivity index (χ1n) is 6.66. The number of nitrogens with one attached hydrogen (secondary N) is 2. The van der Waals surface area contributed by atoms with Crippen molar-refractivity contribution in [3.63, 3.8) is 0 Å². The van der Waals surface area contributed by atoms with Gasteiger partial charge in [0.2, 0.25) is 5.91 Å². The molecule has 4 heteroatoms. The Morgan fingerprint density at radius 3 is 2.94 bits per heavy atom. The Labute approximate surface area is 108 Å². The van der Waals surface area contributed by atoms with Crippen molar-refractivity contribution in [2.75, 3.05) is 6.54 Å². The number of hydrogen-bond donors (Lipinski definition) is 2. The molecule has 1 saturated heterocycles. The number of amides is 1. The topological polar surface area (TPSA) is 54.3 Å². The third-order valence-electron chi connectivity index (χ3n) is 3.51. The van der Waals surface area contributed by atoms with E-state index in [1.165, 1.54) is 5.56 Å². The molecule has 1 aliphatic rings. The predicted octanol–water partition coefficient (Wildman–Crippen LogP) is 2.22. The first kappa shape index (κ1) is 13.1. The van der Waals surface area contributed by atoms with E-state index >= 15 is 0 Å². The van der Waals surface area contributed by atoms with Gasteiger partial charge in [-0.15, -0.1) is 0 Å². The van der Waals surface area contributed by atoms with E-state index in [-0.39, 0.29) is 18.0 Å². The Hall–Kier alpha value is -1.29. The third kappa shape index (κ3) is 3.13. The second-order valence-electron chi connectivity index (χ2n) is 5.15. The van der Waals surface area contributed by atoms with E-state index in [1.807, 2.05) is 13.8 Å². The van der Waals surface area contributed by atoms with Crippen LogP contribution in [0.15, 0.2) is 10.5 Å². The standard InChI is InChI=1S/C14H22N2O2/c1-9-7-13(11(3)18-9)10(2)16-12-5-4-6-15-14(17)8-12/h7,10,12,16H,4-6,8H2,1-3H3,(H,15,17). The Morgan fingerprint density at radius 2 is 2.28 bits per heavy atom. The van der Waals surface area contributed by atoms with Gasteiger partial charge >= 0.3 is 0 Å². The van der Waals surface area contributed by atoms with Gasteiger partial charge in [-0.1, -0.05) is 0 Å². The van der Waals surface area contributed by atoms with E-state index < -0.39 is 0 Å². The minimum absolute atomic E-state index is 0.150. The van der Waals surface area contributed by atoms with Crippen molar-refractivity contribution in [2.24, 2.45) is 0 Å². The second kappa shape index (κ2) is 5.57. The lowest BCUT2D eigenvalue weighted by atomic mass is 10.0. The van der Waals surface area contributed by atoms with Gasteiger partial charge in [-0.3, -0.25) is 4.79 Å². The van der Waals surface area contributed by atoms with Gasteiger partial charge in [-0.05, 0) is 39.7 Å². The molecule has 2 heterocycles. The summed E-state index contributed by atoms with van der Waals surface area (Å²) in [5.74, 6) is 2.05. The maximum atomic E-state index is 11.5. The molecule has 0 aromatic carbocycles. The fourth-order valence-corrected chi connectivity index (χ4v) is 2.64. The van der Waals surface area contributed by atoms with Crippen molar-refractivity contribution in [3.8, 4) is 0 Å². The molecule has 0 radical (unpaired) electrons. The van der Waals surface area contributed by atoms with Gasteiger partial charge in [0.05, 0.1) is 0 Å². The molecule has 0 aliphatic carbocycles. The first-order valence-corrected chi connectivity index (χ1v) is 6.66. The lowest BCUT2D eigenvalue weighted by Crippen LogP contribution is -2.34. The summed E-state index contributed by atoms with van der Waals surface area (Å²) >= 11 is 0. The minimum atomic E-state index is 0.150. The van der Waals surface area contributed by atoms with Crippen LogP contribution in [0.5, 0.6) is 0 Å². The third-order valence-corrected chi connectivity index (χ3v) is 3.51. The SMILES string of the molecule is Cc1cc(C(C)NC2CCCNC(=O)C2)c(C)o1. The molecule has 0 saturated carbocycles. The molecule has 0 bridgehead atoms. The number of furan rings is 1. The zero-order chi connectivity index (χ0) is 13.1. The van der Waals surface area contributed by atoms with E-state index in [1.54, 1.807) is 0 Å². The first-order chi connectivity index (χ1) is 8.56. The largest absolute Gasteiger partial charge is 0.466 e. The normalized spacial score (nSPS) is 22.4. The molecule has 18 heavy (non-hydrogen) atoms. The fourth-order valence-electron chi connectivity index (χ4n) is 2.64. The van der Waals surface area contributed by atoms with Crippen molar-refractivity contribution in [1.29, 1.82) is 0 Å². The summed E-state index contributed by atoms with van der Waals surface area (Å²) < 4.78 is 5.55. The van der Waals surface area contributed by atoms with Crippen LogP contribution in [0.1, 0.15) is 49.3 Å². The Morgan fingerprint density at radius 1 is 1.50 bits per heavy atom. The Kier molecular flexibility index (Phi) is 4.07. The van der Waals surface area contributed by atoms with Crippen LogP contribution in [-0.4, -0.2) is 18.5 Å². The molecule has 1 fully saturated rings. The van der Waals surface area contributed by atoms with E-state index in [0.717, 1.165) is 30.9 Å². The van der Waals surface area contributed by atoms with Crippen LogP contribution in [0.25, 0.3) is 0 Å². The monoisotopic (exact) mass is 250 g/mol. The van der Waals surface area contributed by atoms with E-state index in [0.29, 0.717) is 6.42 Å². The number of aryl methyl sites for hydroxylation is 2. The Balaban J connectivity index is 1.99. The molecule has 1 aromatic rings. The van der Waals surface area contributed by atoms with Crippen LogP contribution in [0.3, 0.4) is 0 Å². The molecular weight excluding hydrogens is 228 g/mol. The van der Waals surface area contributed by atoms with Gasteiger partial charge < -0.3 is 15.1 Å². The average Bonchev–Trinajstić information content (AvgIpc) is 2.50. The highest BCUT2D eigenvalue weighted by atomic mass is 16.3. The summed E-state index contributed by atoms with van der Waals surface area (Å²) in [6, 6.07) is 2.56. The van der Waals surface area contributed by atoms with Crippen molar-refractivity contribution in [2.45, 2.75) is 52.1 Å². The van der Waals surface area contributed by atoms with Gasteiger partial charge in [-0.2, -0.15) is 0 Å². The molecule has 1 aromatic heterocycles. The highest BCUT2D eigenvalue weighted by molar-refractivity contribution is 5.76. The number of rotatable bonds is 3. The molecule has 1 amide bonds. The van der Waals surface area contributed by atoms with E-state index in [4.69, 9.17) is 4.42 Å². The van der Waals surface area contributed by atoms with Gasteiger partial charge in [0.15, 0.2) is 0 Å². The second-order valence-corrected chi connectivity index (χ2v) is 5.15. The van der Waals surface area contributed by atoms with Crippen molar-refractivity contribution >= 4 is 5.91 Å². The van der Waals surface area contributed by atoms with Crippen LogP contribution in [0, 0.1) is 13.8 Å². The molecular formula is C14H22N2O2. The summed E-state index contributed by atoms with van der Waals surface area (Å²) in [6.45, 7) is 6.87. The lowest BCUT2D eigenvalue weighted by molar-refractivity contribution is -0.121. The van der Waals surface area contributed by atoms with E-state index in [9.17, 15) is 4.79 Å². The van der Waals surface area contributed by atoms with Crippen LogP contribution >= 0.6 is 0 Å². The van der Waals surface area contributed by atoms with E-state index in [2.05, 4.69) is 23.6 Å². The highest BCUT2D eigenvalue weighted by Gasteiger charge is 2.21. The van der Waals surface area contributed by atoms with Crippen molar-refractivity contribution in [1.82, 2.24) is 10.6 Å². The van der Waals surface area contributed by atoms with Crippen LogP contribution in [-0.2, 0) is 4.79 Å². The lowest BCUT2D eigenvalue weighted by Gasteiger charge is -2.20. The predicted molar refractivity (Wildman–Crippen MR) is 70.4 cm³/mol. The summed E-state index contributed by atoms with van der Waals surface area (Å²) in [5.41, 5.74) is 1.19. The molecule has 2 atom stereocenters. The Bertz CT molecular complexity index is 425. The fraction of sp³-hybridized carbons (Fsp3) is 0.643. The van der Waals surface area contributed by atoms with Gasteiger partial charge in [-0.25, -0.2) is 0 Å². The molecule has 2 unspecified atom stereocenters. The molecule has 4 nitrogen and oxygen atoms in total. The summed E-state index contributed by atoms with van der Waals surface area (Å²) in [6.07, 6.45) is 2.65. The summed E-state index contributed by atoms with van der Waals surface area (Å²) in [5, 5.41) is 6.44. The molecule has 1 aliphatic heterocycles. The average molecular weight is 250 g/mol. The maximum Gasteiger partial charge on any atom is 0.221 e. The zero-order valence-electron chi connectivity index (χ0n) is 11.4. The highest BCUT2D eigenvalue weighted by Crippen LogP contribution is 2.22. The van der Waals surface area contributed by atoms with Gasteiger partial charge in [0.25, 0.3) is 0 Å². The van der Waals surface area contributed by atoms with Gasteiger partial charge in [0, 0.05) is 30.6 Å². The zero-order valence-corrected chi connectivity index (χ0v) is 11.4. The summed E-state index contributed by atoms with van der Waals surface area (Å²) in [7, 11) is 0. The molecule has 100 valence electrons. The smallest absolute Gasteiger partial charge is 0.221 e. The number of carbonyl (C=O) groups is 1. The van der Waals surface area contributed by atoms with Gasteiger partial charge in [0.1, 0.15) is 11.5 Å². The number of hydrogen-bond acceptors (Lipinski definition) is 3. The van der Waals surface area contributed by atoms with Crippen LogP contribution in [0.4, 0.5) is 0 Å². The van der Waals surface area contributed by atoms with Crippen LogP contribution < -0.4 is 10.6 Å². The molecule has 2 N–H and O–H groups in total. The summed E-state index contributed by atoms with van der Waals surface area (Å²) in [4.78, 5) is 11.5. The van der Waals surface area contributed by atoms with Crippen molar-refractivity contribution < 1.29 is 9.21 Å².